The second kappa shape index (κ2) is 4.76. The average molecular weight is 414 g/mol. The molecule has 56 valence electrons. The van der Waals surface area contributed by atoms with Crippen LogP contribution in [0, 0.1) is 2.26 Å². The third kappa shape index (κ3) is 2.41. The van der Waals surface area contributed by atoms with Crippen molar-refractivity contribution in [2.24, 2.45) is 0 Å². The van der Waals surface area contributed by atoms with Gasteiger partial charge in [0.25, 0.3) is 0 Å². The average Bonchev–Trinajstić information content (AvgIpc) is 2.30. The van der Waals surface area contributed by atoms with Gasteiger partial charge in [-0.05, 0) is 0 Å². The van der Waals surface area contributed by atoms with Crippen LogP contribution in [0.1, 0.15) is 8.87 Å². The standard InChI is InChI=1S/C5H4Br2SSe2/c6-1-3-4(2-7)10-5(8)9-3/h1-2H2. The van der Waals surface area contributed by atoms with Gasteiger partial charge in [-0.1, -0.05) is 0 Å². The van der Waals surface area contributed by atoms with Gasteiger partial charge in [0.1, 0.15) is 0 Å². The van der Waals surface area contributed by atoms with Crippen LogP contribution in [0.5, 0.6) is 0 Å². The summed E-state index contributed by atoms with van der Waals surface area (Å²) in [5.41, 5.74) is 0. The first-order chi connectivity index (χ1) is 4.77. The van der Waals surface area contributed by atoms with Crippen LogP contribution in [0.25, 0.3) is 0 Å². The summed E-state index contributed by atoms with van der Waals surface area (Å²) in [7, 11) is 0. The first-order valence-electron chi connectivity index (χ1n) is 2.51. The predicted molar refractivity (Wildman–Crippen MR) is 56.4 cm³/mol. The molecule has 0 aliphatic carbocycles. The summed E-state index contributed by atoms with van der Waals surface area (Å²) in [6.45, 7) is 0. The van der Waals surface area contributed by atoms with Crippen LogP contribution >= 0.6 is 44.1 Å². The fourth-order valence-electron chi connectivity index (χ4n) is 0.539. The Hall–Kier alpha value is 1.83. The predicted octanol–water partition coefficient (Wildman–Crippen LogP) is 2.32. The van der Waals surface area contributed by atoms with Gasteiger partial charge < -0.3 is 0 Å². The summed E-state index contributed by atoms with van der Waals surface area (Å²) in [4.78, 5) is 0. The van der Waals surface area contributed by atoms with Crippen molar-refractivity contribution in [2.45, 2.75) is 10.7 Å². The summed E-state index contributed by atoms with van der Waals surface area (Å²) in [6, 6.07) is 0. The molecule has 0 N–H and O–H groups in total. The Morgan fingerprint density at radius 2 is 1.50 bits per heavy atom. The first-order valence-corrected chi connectivity index (χ1v) is 8.59. The van der Waals surface area contributed by atoms with E-state index in [0.717, 1.165) is 10.7 Å². The fraction of sp³-hybridized carbons (Fsp3) is 0.400. The summed E-state index contributed by atoms with van der Waals surface area (Å²) < 4.78 is 4.44. The molecule has 0 bridgehead atoms. The minimum absolute atomic E-state index is 0.530. The van der Waals surface area contributed by atoms with E-state index >= 15 is 0 Å². The molecule has 1 rings (SSSR count). The molecule has 0 saturated heterocycles. The molecule has 0 aliphatic heterocycles. The summed E-state index contributed by atoms with van der Waals surface area (Å²) in [5.74, 6) is 0. The zero-order valence-corrected chi connectivity index (χ0v) is 12.3. The van der Waals surface area contributed by atoms with Crippen LogP contribution < -0.4 is 0 Å². The van der Waals surface area contributed by atoms with Crippen LogP contribution in [0.4, 0.5) is 0 Å². The van der Waals surface area contributed by atoms with Crippen LogP contribution in [-0.2, 0) is 10.7 Å². The third-order valence-electron chi connectivity index (χ3n) is 0.967. The van der Waals surface area contributed by atoms with Crippen molar-refractivity contribution in [3.63, 3.8) is 0 Å². The van der Waals surface area contributed by atoms with Gasteiger partial charge in [0.05, 0.1) is 0 Å². The number of hydrogen-bond acceptors (Lipinski definition) is 1. The van der Waals surface area contributed by atoms with E-state index in [1.54, 1.807) is 8.87 Å². The zero-order chi connectivity index (χ0) is 7.56. The molecule has 0 saturated carbocycles. The van der Waals surface area contributed by atoms with Gasteiger partial charge in [0.15, 0.2) is 0 Å². The molecular weight excluding hydrogens is 410 g/mol. The Morgan fingerprint density at radius 1 is 1.10 bits per heavy atom. The molecule has 0 fully saturated rings. The Bertz CT molecular complexity index is 240. The molecule has 0 aliphatic rings. The molecule has 0 unspecified atom stereocenters. The monoisotopic (exact) mass is 414 g/mol. The van der Waals surface area contributed by atoms with E-state index in [1.807, 2.05) is 0 Å². The molecule has 1 aromatic rings. The fourth-order valence-corrected chi connectivity index (χ4v) is 9.78. The molecule has 0 nitrogen and oxygen atoms in total. The topological polar surface area (TPSA) is 0 Å². The van der Waals surface area contributed by atoms with Gasteiger partial charge >= 0.3 is 94.9 Å². The number of rotatable bonds is 2. The van der Waals surface area contributed by atoms with Crippen molar-refractivity contribution < 1.29 is 0 Å². The normalized spacial score (nSPS) is 10.2. The van der Waals surface area contributed by atoms with Crippen LogP contribution in [-0.4, -0.2) is 29.0 Å². The van der Waals surface area contributed by atoms with E-state index < -0.39 is 0 Å². The Kier molecular flexibility index (Phi) is 4.72. The Labute approximate surface area is 93.8 Å². The van der Waals surface area contributed by atoms with E-state index in [0.29, 0.717) is 29.0 Å². The van der Waals surface area contributed by atoms with Crippen molar-refractivity contribution in [3.05, 3.63) is 11.1 Å². The van der Waals surface area contributed by atoms with Crippen LogP contribution in [0.2, 0.25) is 0 Å². The number of hydrogen-bond donors (Lipinski definition) is 0. The Balaban J connectivity index is 3.08. The first kappa shape index (κ1) is 9.91. The van der Waals surface area contributed by atoms with Gasteiger partial charge in [-0.2, -0.15) is 0 Å². The molecule has 0 amide bonds. The molecule has 10 heavy (non-hydrogen) atoms. The van der Waals surface area contributed by atoms with E-state index in [2.05, 4.69) is 31.9 Å². The summed E-state index contributed by atoms with van der Waals surface area (Å²) >= 11 is 13.2. The molecule has 0 spiro atoms. The maximum absolute atomic E-state index is 5.18. The second-order valence-corrected chi connectivity index (χ2v) is 10.2. The molecule has 1 heterocycles. The quantitative estimate of drug-likeness (QED) is 0.407. The SMILES string of the molecule is S=c1[se]c(CBr)c(CBr)[se]1. The van der Waals surface area contributed by atoms with Gasteiger partial charge in [-0.25, -0.2) is 0 Å². The van der Waals surface area contributed by atoms with Crippen LogP contribution in [0.3, 0.4) is 0 Å². The van der Waals surface area contributed by atoms with Crippen molar-refractivity contribution in [3.8, 4) is 0 Å². The number of halogens is 2. The van der Waals surface area contributed by atoms with Crippen molar-refractivity contribution >= 4 is 73.1 Å². The van der Waals surface area contributed by atoms with Crippen molar-refractivity contribution in [1.29, 1.82) is 0 Å². The van der Waals surface area contributed by atoms with Crippen molar-refractivity contribution in [2.75, 3.05) is 0 Å². The second-order valence-electron chi connectivity index (χ2n) is 1.57. The maximum atomic E-state index is 5.18. The van der Waals surface area contributed by atoms with Crippen LogP contribution in [0.15, 0.2) is 0 Å². The van der Waals surface area contributed by atoms with Gasteiger partial charge in [0, 0.05) is 0 Å². The molecule has 5 heteroatoms. The van der Waals surface area contributed by atoms with Gasteiger partial charge in [-0.3, -0.25) is 0 Å². The Morgan fingerprint density at radius 3 is 1.80 bits per heavy atom. The molecule has 0 radical (unpaired) electrons. The number of alkyl halides is 2. The minimum atomic E-state index is 0.530. The molecule has 0 aromatic carbocycles. The summed E-state index contributed by atoms with van der Waals surface area (Å²) in [6.07, 6.45) is 0. The van der Waals surface area contributed by atoms with Crippen molar-refractivity contribution in [1.82, 2.24) is 0 Å². The van der Waals surface area contributed by atoms with Gasteiger partial charge in [0.2, 0.25) is 0 Å². The zero-order valence-electron chi connectivity index (χ0n) is 4.89. The molecule has 1 aromatic heterocycles. The van der Waals surface area contributed by atoms with E-state index in [1.165, 1.54) is 2.26 Å². The van der Waals surface area contributed by atoms with E-state index in [-0.39, 0.29) is 0 Å². The summed E-state index contributed by atoms with van der Waals surface area (Å²) in [5, 5.41) is 2.05. The third-order valence-corrected chi connectivity index (χ3v) is 10.5. The van der Waals surface area contributed by atoms with E-state index in [4.69, 9.17) is 12.2 Å². The van der Waals surface area contributed by atoms with E-state index in [9.17, 15) is 0 Å². The molecule has 0 atom stereocenters. The van der Waals surface area contributed by atoms with Gasteiger partial charge in [-0.15, -0.1) is 0 Å². The molecular formula is C5H4Br2SSe2.